The molecule has 0 bridgehead atoms. The molecule has 0 saturated carbocycles. The topological polar surface area (TPSA) is 68.3 Å². The summed E-state index contributed by atoms with van der Waals surface area (Å²) in [5, 5.41) is 3.22. The van der Waals surface area contributed by atoms with E-state index in [1.807, 2.05) is 0 Å². The molecule has 1 N–H and O–H groups in total. The molecule has 0 fully saturated rings. The maximum absolute atomic E-state index is 11.7. The average molecular weight is 376 g/mol. The monoisotopic (exact) mass is 374 g/mol. The Morgan fingerprint density at radius 1 is 1.40 bits per heavy atom. The SMILES string of the molecule is O=C(COC(=O)c1ccccc1Cl)Nc1ncc(Br)s1. The third-order valence-electron chi connectivity index (χ3n) is 2.15. The van der Waals surface area contributed by atoms with Crippen LogP contribution in [0, 0.1) is 0 Å². The van der Waals surface area contributed by atoms with E-state index < -0.39 is 18.5 Å². The first kappa shape index (κ1) is 15.0. The smallest absolute Gasteiger partial charge is 0.340 e. The van der Waals surface area contributed by atoms with Gasteiger partial charge in [-0.15, -0.1) is 0 Å². The summed E-state index contributed by atoms with van der Waals surface area (Å²) in [6.45, 7) is -0.402. The van der Waals surface area contributed by atoms with E-state index in [-0.39, 0.29) is 10.6 Å². The molecular formula is C12H8BrClN2O3S. The first-order valence-corrected chi connectivity index (χ1v) is 7.38. The Bertz CT molecular complexity index is 647. The van der Waals surface area contributed by atoms with E-state index in [1.54, 1.807) is 24.4 Å². The van der Waals surface area contributed by atoms with Gasteiger partial charge in [-0.25, -0.2) is 9.78 Å². The molecule has 0 aliphatic heterocycles. The van der Waals surface area contributed by atoms with Crippen molar-refractivity contribution in [2.45, 2.75) is 0 Å². The standard InChI is InChI=1S/C12H8BrClN2O3S/c13-9-5-15-12(20-9)16-10(17)6-19-11(18)7-3-1-2-4-8(7)14/h1-5H,6H2,(H,15,16,17). The van der Waals surface area contributed by atoms with Crippen molar-refractivity contribution in [1.29, 1.82) is 0 Å². The van der Waals surface area contributed by atoms with Crippen LogP contribution in [-0.2, 0) is 9.53 Å². The summed E-state index contributed by atoms with van der Waals surface area (Å²) in [6, 6.07) is 6.47. The van der Waals surface area contributed by atoms with Crippen LogP contribution in [0.25, 0.3) is 0 Å². The highest BCUT2D eigenvalue weighted by atomic mass is 79.9. The number of hydrogen-bond acceptors (Lipinski definition) is 5. The molecule has 1 heterocycles. The van der Waals surface area contributed by atoms with E-state index in [0.717, 1.165) is 3.79 Å². The third-order valence-corrected chi connectivity index (χ3v) is 3.87. The Morgan fingerprint density at radius 2 is 2.15 bits per heavy atom. The predicted octanol–water partition coefficient (Wildman–Crippen LogP) is 3.35. The number of aromatic nitrogens is 1. The molecule has 1 amide bonds. The first-order chi connectivity index (χ1) is 9.56. The molecule has 2 rings (SSSR count). The van der Waals surface area contributed by atoms with Crippen LogP contribution >= 0.6 is 38.9 Å². The highest BCUT2D eigenvalue weighted by Crippen LogP contribution is 2.23. The Morgan fingerprint density at radius 3 is 2.80 bits per heavy atom. The maximum atomic E-state index is 11.7. The number of hydrogen-bond donors (Lipinski definition) is 1. The summed E-state index contributed by atoms with van der Waals surface area (Å²) in [7, 11) is 0. The molecule has 0 aliphatic carbocycles. The molecule has 0 unspecified atom stereocenters. The van der Waals surface area contributed by atoms with Gasteiger partial charge < -0.3 is 4.74 Å². The van der Waals surface area contributed by atoms with E-state index in [4.69, 9.17) is 16.3 Å². The molecule has 1 aromatic heterocycles. The number of esters is 1. The first-order valence-electron chi connectivity index (χ1n) is 5.39. The fourth-order valence-corrected chi connectivity index (χ4v) is 2.64. The van der Waals surface area contributed by atoms with Gasteiger partial charge in [-0.05, 0) is 28.1 Å². The summed E-state index contributed by atoms with van der Waals surface area (Å²) >= 11 is 10.3. The zero-order valence-electron chi connectivity index (χ0n) is 9.93. The van der Waals surface area contributed by atoms with Crippen LogP contribution < -0.4 is 5.32 Å². The zero-order chi connectivity index (χ0) is 14.5. The molecule has 0 aliphatic rings. The van der Waals surface area contributed by atoms with Crippen molar-refractivity contribution in [2.24, 2.45) is 0 Å². The lowest BCUT2D eigenvalue weighted by Crippen LogP contribution is -2.20. The maximum Gasteiger partial charge on any atom is 0.340 e. The molecular weight excluding hydrogens is 368 g/mol. The molecule has 2 aromatic rings. The van der Waals surface area contributed by atoms with Crippen LogP contribution in [0.5, 0.6) is 0 Å². The fourth-order valence-electron chi connectivity index (χ4n) is 1.30. The van der Waals surface area contributed by atoms with Crippen LogP contribution in [0.4, 0.5) is 5.13 Å². The fraction of sp³-hybridized carbons (Fsp3) is 0.0833. The molecule has 8 heteroatoms. The molecule has 0 radical (unpaired) electrons. The van der Waals surface area contributed by atoms with Crippen molar-refractivity contribution < 1.29 is 14.3 Å². The Hall–Kier alpha value is -1.44. The lowest BCUT2D eigenvalue weighted by molar-refractivity contribution is -0.119. The molecule has 104 valence electrons. The van der Waals surface area contributed by atoms with Crippen molar-refractivity contribution in [1.82, 2.24) is 4.98 Å². The van der Waals surface area contributed by atoms with Gasteiger partial charge >= 0.3 is 5.97 Å². The Balaban J connectivity index is 1.87. The number of nitrogens with zero attached hydrogens (tertiary/aromatic N) is 1. The minimum atomic E-state index is -0.647. The number of carbonyl (C=O) groups excluding carboxylic acids is 2. The van der Waals surface area contributed by atoms with Crippen LogP contribution in [0.1, 0.15) is 10.4 Å². The zero-order valence-corrected chi connectivity index (χ0v) is 13.1. The van der Waals surface area contributed by atoms with Gasteiger partial charge in [-0.1, -0.05) is 35.1 Å². The normalized spacial score (nSPS) is 10.1. The van der Waals surface area contributed by atoms with Gasteiger partial charge in [0.1, 0.15) is 0 Å². The van der Waals surface area contributed by atoms with Crippen LogP contribution in [-0.4, -0.2) is 23.5 Å². The van der Waals surface area contributed by atoms with E-state index >= 15 is 0 Å². The van der Waals surface area contributed by atoms with E-state index in [2.05, 4.69) is 26.2 Å². The quantitative estimate of drug-likeness (QED) is 0.832. The summed E-state index contributed by atoms with van der Waals surface area (Å²) in [5.41, 5.74) is 0.221. The number of anilines is 1. The van der Waals surface area contributed by atoms with Gasteiger partial charge in [0.15, 0.2) is 11.7 Å². The van der Waals surface area contributed by atoms with Crippen molar-refractivity contribution in [3.05, 3.63) is 44.8 Å². The highest BCUT2D eigenvalue weighted by molar-refractivity contribution is 9.11. The number of thiazole rings is 1. The summed E-state index contributed by atoms with van der Waals surface area (Å²) in [6.07, 6.45) is 1.57. The molecule has 20 heavy (non-hydrogen) atoms. The van der Waals surface area contributed by atoms with Gasteiger partial charge in [0.05, 0.1) is 20.6 Å². The average Bonchev–Trinajstić information content (AvgIpc) is 2.82. The lowest BCUT2D eigenvalue weighted by atomic mass is 10.2. The van der Waals surface area contributed by atoms with Crippen molar-refractivity contribution in [2.75, 3.05) is 11.9 Å². The summed E-state index contributed by atoms with van der Waals surface area (Å²) in [5.74, 6) is -1.11. The highest BCUT2D eigenvalue weighted by Gasteiger charge is 2.13. The largest absolute Gasteiger partial charge is 0.452 e. The van der Waals surface area contributed by atoms with Crippen LogP contribution in [0.3, 0.4) is 0 Å². The van der Waals surface area contributed by atoms with Gasteiger partial charge in [0.2, 0.25) is 0 Å². The second-order valence-electron chi connectivity index (χ2n) is 3.57. The number of amides is 1. The molecule has 5 nitrogen and oxygen atoms in total. The summed E-state index contributed by atoms with van der Waals surface area (Å²) < 4.78 is 5.67. The third kappa shape index (κ3) is 4.03. The van der Waals surface area contributed by atoms with Crippen molar-refractivity contribution in [3.63, 3.8) is 0 Å². The molecule has 0 spiro atoms. The second-order valence-corrected chi connectivity index (χ2v) is 6.39. The van der Waals surface area contributed by atoms with Gasteiger partial charge in [0.25, 0.3) is 5.91 Å². The summed E-state index contributed by atoms with van der Waals surface area (Å²) in [4.78, 5) is 27.2. The number of halogens is 2. The van der Waals surface area contributed by atoms with E-state index in [1.165, 1.54) is 17.4 Å². The Labute approximate surface area is 132 Å². The van der Waals surface area contributed by atoms with Gasteiger partial charge in [-0.3, -0.25) is 10.1 Å². The predicted molar refractivity (Wildman–Crippen MR) is 80.2 cm³/mol. The number of benzene rings is 1. The number of nitrogens with one attached hydrogen (secondary N) is 1. The van der Waals surface area contributed by atoms with E-state index in [0.29, 0.717) is 5.13 Å². The van der Waals surface area contributed by atoms with Gasteiger partial charge in [-0.2, -0.15) is 0 Å². The van der Waals surface area contributed by atoms with Crippen LogP contribution in [0.15, 0.2) is 34.2 Å². The minimum Gasteiger partial charge on any atom is -0.452 e. The number of rotatable bonds is 4. The number of carbonyl (C=O) groups is 2. The second kappa shape index (κ2) is 6.83. The number of ether oxygens (including phenoxy) is 1. The van der Waals surface area contributed by atoms with Crippen molar-refractivity contribution in [3.8, 4) is 0 Å². The molecule has 1 aromatic carbocycles. The van der Waals surface area contributed by atoms with E-state index in [9.17, 15) is 9.59 Å². The Kier molecular flexibility index (Phi) is 5.11. The van der Waals surface area contributed by atoms with Crippen LogP contribution in [0.2, 0.25) is 5.02 Å². The van der Waals surface area contributed by atoms with Crippen molar-refractivity contribution >= 4 is 55.9 Å². The molecule has 0 saturated heterocycles. The minimum absolute atomic E-state index is 0.221. The molecule has 0 atom stereocenters. The lowest BCUT2D eigenvalue weighted by Gasteiger charge is -2.05. The van der Waals surface area contributed by atoms with Gasteiger partial charge in [0, 0.05) is 0 Å².